The summed E-state index contributed by atoms with van der Waals surface area (Å²) in [4.78, 5) is 11.9. The second-order valence-corrected chi connectivity index (χ2v) is 4.65. The number of halogens is 1. The van der Waals surface area contributed by atoms with Crippen molar-refractivity contribution in [2.75, 3.05) is 19.0 Å². The number of benzene rings is 1. The van der Waals surface area contributed by atoms with Crippen LogP contribution in [0.2, 0.25) is 0 Å². The number of carbonyl (C=O) groups excluding carboxylic acids is 1. The van der Waals surface area contributed by atoms with Crippen molar-refractivity contribution in [2.45, 2.75) is 19.8 Å². The molecule has 0 bridgehead atoms. The maximum absolute atomic E-state index is 11.9. The molecule has 0 unspecified atom stereocenters. The molecule has 3 nitrogen and oxygen atoms in total. The average Bonchev–Trinajstić information content (AvgIpc) is 2.34. The van der Waals surface area contributed by atoms with Gasteiger partial charge in [-0.15, -0.1) is 0 Å². The minimum atomic E-state index is -0.0693. The zero-order valence-corrected chi connectivity index (χ0v) is 11.8. The van der Waals surface area contributed by atoms with E-state index < -0.39 is 0 Å². The molecule has 0 saturated carbocycles. The summed E-state index contributed by atoms with van der Waals surface area (Å²) in [5.74, 6) is 0.550. The van der Waals surface area contributed by atoms with Crippen molar-refractivity contribution in [3.8, 4) is 5.75 Å². The Morgan fingerprint density at radius 3 is 2.82 bits per heavy atom. The predicted octanol–water partition coefficient (Wildman–Crippen LogP) is 2.91. The molecule has 0 aromatic heterocycles. The molecule has 4 heteroatoms. The molecule has 1 aromatic rings. The molecule has 1 rings (SSSR count). The third-order valence-corrected chi connectivity index (χ3v) is 3.01. The first-order valence-corrected chi connectivity index (χ1v) is 6.80. The Hall–Kier alpha value is -1.03. The summed E-state index contributed by atoms with van der Waals surface area (Å²) in [6, 6.07) is 5.60. The van der Waals surface area contributed by atoms with E-state index in [0.717, 1.165) is 23.7 Å². The van der Waals surface area contributed by atoms with E-state index >= 15 is 0 Å². The number of alkyl halides is 1. The van der Waals surface area contributed by atoms with Crippen LogP contribution in [0.25, 0.3) is 0 Å². The minimum Gasteiger partial charge on any atom is -0.496 e. The molecular formula is C13H18BrNO2. The Morgan fingerprint density at radius 2 is 2.18 bits per heavy atom. The van der Waals surface area contributed by atoms with Gasteiger partial charge in [0.25, 0.3) is 5.91 Å². The van der Waals surface area contributed by atoms with Gasteiger partial charge in [-0.1, -0.05) is 27.6 Å². The zero-order valence-electron chi connectivity index (χ0n) is 10.3. The monoisotopic (exact) mass is 299 g/mol. The molecule has 0 heterocycles. The van der Waals surface area contributed by atoms with Crippen molar-refractivity contribution in [3.63, 3.8) is 0 Å². The highest BCUT2D eigenvalue weighted by Crippen LogP contribution is 2.19. The van der Waals surface area contributed by atoms with E-state index in [1.54, 1.807) is 7.11 Å². The van der Waals surface area contributed by atoms with Gasteiger partial charge in [-0.2, -0.15) is 0 Å². The van der Waals surface area contributed by atoms with Crippen LogP contribution in [0.4, 0.5) is 0 Å². The first-order valence-electron chi connectivity index (χ1n) is 5.68. The molecule has 94 valence electrons. The molecule has 17 heavy (non-hydrogen) atoms. The molecule has 0 spiro atoms. The molecular weight excluding hydrogens is 282 g/mol. The lowest BCUT2D eigenvalue weighted by Crippen LogP contribution is -2.25. The van der Waals surface area contributed by atoms with Crippen molar-refractivity contribution in [1.82, 2.24) is 5.32 Å². The number of rotatable bonds is 6. The lowest BCUT2D eigenvalue weighted by atomic mass is 10.1. The molecule has 0 radical (unpaired) electrons. The van der Waals surface area contributed by atoms with E-state index in [1.807, 2.05) is 25.1 Å². The maximum Gasteiger partial charge on any atom is 0.255 e. The number of nitrogens with one attached hydrogen (secondary N) is 1. The summed E-state index contributed by atoms with van der Waals surface area (Å²) < 4.78 is 5.18. The van der Waals surface area contributed by atoms with Crippen LogP contribution >= 0.6 is 15.9 Å². The standard InChI is InChI=1S/C13H18BrNO2/c1-10-5-6-12(17-2)11(9-10)13(16)15-8-4-3-7-14/h5-6,9H,3-4,7-8H2,1-2H3,(H,15,16). The van der Waals surface area contributed by atoms with Gasteiger partial charge >= 0.3 is 0 Å². The van der Waals surface area contributed by atoms with Gasteiger partial charge in [0, 0.05) is 11.9 Å². The molecule has 0 aliphatic carbocycles. The van der Waals surface area contributed by atoms with Crippen molar-refractivity contribution in [3.05, 3.63) is 29.3 Å². The summed E-state index contributed by atoms with van der Waals surface area (Å²) >= 11 is 3.36. The Kier molecular flexibility index (Phi) is 6.05. The van der Waals surface area contributed by atoms with Gasteiger partial charge in [0.2, 0.25) is 0 Å². The van der Waals surface area contributed by atoms with E-state index in [1.165, 1.54) is 0 Å². The first kappa shape index (κ1) is 14.0. The normalized spacial score (nSPS) is 10.1. The Balaban J connectivity index is 2.64. The molecule has 0 aliphatic heterocycles. The molecule has 0 fully saturated rings. The number of methoxy groups -OCH3 is 1. The van der Waals surface area contributed by atoms with Gasteiger partial charge in [-0.05, 0) is 31.9 Å². The van der Waals surface area contributed by atoms with Crippen LogP contribution < -0.4 is 10.1 Å². The number of aryl methyl sites for hydroxylation is 1. The Bertz CT molecular complexity index is 380. The minimum absolute atomic E-state index is 0.0693. The lowest BCUT2D eigenvalue weighted by Gasteiger charge is -2.09. The highest BCUT2D eigenvalue weighted by Gasteiger charge is 2.11. The predicted molar refractivity (Wildman–Crippen MR) is 73.1 cm³/mol. The molecule has 1 amide bonds. The Labute approximate surface area is 111 Å². The number of carbonyl (C=O) groups is 1. The highest BCUT2D eigenvalue weighted by molar-refractivity contribution is 9.09. The van der Waals surface area contributed by atoms with E-state index in [9.17, 15) is 4.79 Å². The fourth-order valence-corrected chi connectivity index (χ4v) is 1.91. The quantitative estimate of drug-likeness (QED) is 0.648. The van der Waals surface area contributed by atoms with E-state index in [2.05, 4.69) is 21.2 Å². The number of amides is 1. The SMILES string of the molecule is COc1ccc(C)cc1C(=O)NCCCCBr. The maximum atomic E-state index is 11.9. The lowest BCUT2D eigenvalue weighted by molar-refractivity contribution is 0.0950. The van der Waals surface area contributed by atoms with Gasteiger partial charge in [-0.3, -0.25) is 4.79 Å². The zero-order chi connectivity index (χ0) is 12.7. The van der Waals surface area contributed by atoms with Crippen LogP contribution in [0.5, 0.6) is 5.75 Å². The van der Waals surface area contributed by atoms with Gasteiger partial charge in [0.1, 0.15) is 5.75 Å². The second kappa shape index (κ2) is 7.33. The number of hydrogen-bond donors (Lipinski definition) is 1. The molecule has 1 aromatic carbocycles. The molecule has 0 aliphatic rings. The fraction of sp³-hybridized carbons (Fsp3) is 0.462. The smallest absolute Gasteiger partial charge is 0.255 e. The van der Waals surface area contributed by atoms with Crippen molar-refractivity contribution >= 4 is 21.8 Å². The van der Waals surface area contributed by atoms with Crippen LogP contribution in [-0.2, 0) is 0 Å². The highest BCUT2D eigenvalue weighted by atomic mass is 79.9. The van der Waals surface area contributed by atoms with E-state index in [4.69, 9.17) is 4.74 Å². The van der Waals surface area contributed by atoms with Gasteiger partial charge < -0.3 is 10.1 Å². The Morgan fingerprint density at radius 1 is 1.41 bits per heavy atom. The topological polar surface area (TPSA) is 38.3 Å². The van der Waals surface area contributed by atoms with Gasteiger partial charge in [0.15, 0.2) is 0 Å². The first-order chi connectivity index (χ1) is 8.19. The van der Waals surface area contributed by atoms with Crippen molar-refractivity contribution in [2.24, 2.45) is 0 Å². The summed E-state index contributed by atoms with van der Waals surface area (Å²) in [6.07, 6.45) is 2.04. The summed E-state index contributed by atoms with van der Waals surface area (Å²) in [5, 5.41) is 3.86. The second-order valence-electron chi connectivity index (χ2n) is 3.86. The van der Waals surface area contributed by atoms with E-state index in [0.29, 0.717) is 17.9 Å². The average molecular weight is 300 g/mol. The molecule has 0 saturated heterocycles. The third-order valence-electron chi connectivity index (χ3n) is 2.45. The number of ether oxygens (including phenoxy) is 1. The summed E-state index contributed by atoms with van der Waals surface area (Å²) in [6.45, 7) is 2.66. The largest absolute Gasteiger partial charge is 0.496 e. The van der Waals surface area contributed by atoms with Gasteiger partial charge in [-0.25, -0.2) is 0 Å². The van der Waals surface area contributed by atoms with Crippen LogP contribution in [0.15, 0.2) is 18.2 Å². The van der Waals surface area contributed by atoms with Gasteiger partial charge in [0.05, 0.1) is 12.7 Å². The molecule has 1 N–H and O–H groups in total. The van der Waals surface area contributed by atoms with Crippen LogP contribution in [0.3, 0.4) is 0 Å². The summed E-state index contributed by atoms with van der Waals surface area (Å²) in [7, 11) is 1.58. The number of hydrogen-bond acceptors (Lipinski definition) is 2. The third kappa shape index (κ3) is 4.38. The van der Waals surface area contributed by atoms with Crippen molar-refractivity contribution < 1.29 is 9.53 Å². The van der Waals surface area contributed by atoms with E-state index in [-0.39, 0.29) is 5.91 Å². The molecule has 0 atom stereocenters. The van der Waals surface area contributed by atoms with Crippen LogP contribution in [0, 0.1) is 6.92 Å². The van der Waals surface area contributed by atoms with Crippen LogP contribution in [0.1, 0.15) is 28.8 Å². The van der Waals surface area contributed by atoms with Crippen molar-refractivity contribution in [1.29, 1.82) is 0 Å². The number of unbranched alkanes of at least 4 members (excludes halogenated alkanes) is 1. The fourth-order valence-electron chi connectivity index (χ4n) is 1.52. The summed E-state index contributed by atoms with van der Waals surface area (Å²) in [5.41, 5.74) is 1.66. The van der Waals surface area contributed by atoms with Crippen LogP contribution in [-0.4, -0.2) is 24.9 Å².